The van der Waals surface area contributed by atoms with Crippen molar-refractivity contribution < 1.29 is 23.1 Å². The predicted molar refractivity (Wildman–Crippen MR) is 53.3 cm³/mol. The molecule has 1 saturated heterocycles. The van der Waals surface area contributed by atoms with Crippen LogP contribution in [0.4, 0.5) is 18.0 Å². The van der Waals surface area contributed by atoms with Crippen molar-refractivity contribution in [1.82, 2.24) is 4.90 Å². The van der Waals surface area contributed by atoms with Gasteiger partial charge in [-0.15, -0.1) is 0 Å². The first-order valence-corrected chi connectivity index (χ1v) is 5.06. The lowest BCUT2D eigenvalue weighted by molar-refractivity contribution is 0.0405. The summed E-state index contributed by atoms with van der Waals surface area (Å²) in [6.07, 6.45) is -2.57. The number of carbonyl (C=O) groups is 1. The number of amides is 1. The highest BCUT2D eigenvalue weighted by Crippen LogP contribution is 2.33. The first kappa shape index (κ1) is 11.8. The summed E-state index contributed by atoms with van der Waals surface area (Å²) in [4.78, 5) is 11.5. The summed E-state index contributed by atoms with van der Waals surface area (Å²) in [5.41, 5.74) is 0.0407. The second-order valence-electron chi connectivity index (χ2n) is 4.02. The first-order valence-electron chi connectivity index (χ1n) is 5.06. The van der Waals surface area contributed by atoms with Gasteiger partial charge in [0.1, 0.15) is 6.17 Å². The van der Waals surface area contributed by atoms with Crippen LogP contribution in [0.2, 0.25) is 0 Å². The van der Waals surface area contributed by atoms with Gasteiger partial charge in [-0.1, -0.05) is 6.07 Å². The molecule has 1 unspecified atom stereocenters. The van der Waals surface area contributed by atoms with Crippen LogP contribution in [0.15, 0.2) is 18.2 Å². The number of halogens is 3. The molecule has 0 aliphatic carbocycles. The van der Waals surface area contributed by atoms with Crippen molar-refractivity contribution in [2.75, 3.05) is 13.1 Å². The Labute approximate surface area is 95.5 Å². The molecule has 17 heavy (non-hydrogen) atoms. The van der Waals surface area contributed by atoms with E-state index in [1.165, 1.54) is 6.07 Å². The van der Waals surface area contributed by atoms with Crippen LogP contribution >= 0.6 is 0 Å². The molecule has 1 aliphatic rings. The van der Waals surface area contributed by atoms with Gasteiger partial charge in [-0.05, 0) is 17.7 Å². The standard InChI is InChI=1S/C11H10F3NO2/c12-8-2-1-6(3-9(8)13)10(14)7-4-15(5-7)11(16)17/h1-3,7,10H,4-5H2,(H,16,17). The molecule has 1 aromatic rings. The van der Waals surface area contributed by atoms with Crippen molar-refractivity contribution in [3.05, 3.63) is 35.4 Å². The lowest BCUT2D eigenvalue weighted by atomic mass is 9.90. The monoisotopic (exact) mass is 245 g/mol. The minimum Gasteiger partial charge on any atom is -0.465 e. The molecule has 1 atom stereocenters. The van der Waals surface area contributed by atoms with Crippen molar-refractivity contribution in [3.63, 3.8) is 0 Å². The molecule has 92 valence electrons. The van der Waals surface area contributed by atoms with Gasteiger partial charge in [0, 0.05) is 19.0 Å². The zero-order valence-electron chi connectivity index (χ0n) is 8.74. The maximum absolute atomic E-state index is 13.8. The number of likely N-dealkylation sites (tertiary alicyclic amines) is 1. The molecule has 0 saturated carbocycles. The second kappa shape index (κ2) is 4.27. The van der Waals surface area contributed by atoms with Crippen molar-refractivity contribution in [1.29, 1.82) is 0 Å². The number of hydrogen-bond donors (Lipinski definition) is 1. The average molecular weight is 245 g/mol. The van der Waals surface area contributed by atoms with Gasteiger partial charge in [-0.3, -0.25) is 0 Å². The van der Waals surface area contributed by atoms with Gasteiger partial charge >= 0.3 is 6.09 Å². The third-order valence-corrected chi connectivity index (χ3v) is 2.86. The van der Waals surface area contributed by atoms with Crippen LogP contribution in [-0.4, -0.2) is 29.2 Å². The number of rotatable bonds is 2. The number of benzene rings is 1. The molecule has 3 nitrogen and oxygen atoms in total. The van der Waals surface area contributed by atoms with Gasteiger partial charge in [-0.25, -0.2) is 18.0 Å². The van der Waals surface area contributed by atoms with Crippen LogP contribution in [0, 0.1) is 17.6 Å². The van der Waals surface area contributed by atoms with E-state index in [2.05, 4.69) is 0 Å². The highest BCUT2D eigenvalue weighted by molar-refractivity contribution is 5.66. The van der Waals surface area contributed by atoms with Crippen LogP contribution in [0.3, 0.4) is 0 Å². The maximum atomic E-state index is 13.8. The largest absolute Gasteiger partial charge is 0.465 e. The fourth-order valence-electron chi connectivity index (χ4n) is 1.81. The lowest BCUT2D eigenvalue weighted by Gasteiger charge is -2.38. The second-order valence-corrected chi connectivity index (χ2v) is 4.02. The molecule has 1 aliphatic heterocycles. The molecule has 6 heteroatoms. The summed E-state index contributed by atoms with van der Waals surface area (Å²) in [5.74, 6) is -2.61. The summed E-state index contributed by atoms with van der Waals surface area (Å²) in [5, 5.41) is 8.58. The van der Waals surface area contributed by atoms with Crippen LogP contribution in [0.1, 0.15) is 11.7 Å². The van der Waals surface area contributed by atoms with Gasteiger partial charge in [0.15, 0.2) is 11.6 Å². The third kappa shape index (κ3) is 2.20. The molecular weight excluding hydrogens is 235 g/mol. The number of alkyl halides is 1. The Morgan fingerprint density at radius 1 is 1.35 bits per heavy atom. The third-order valence-electron chi connectivity index (χ3n) is 2.86. The van der Waals surface area contributed by atoms with Gasteiger partial charge in [-0.2, -0.15) is 0 Å². The molecule has 0 radical (unpaired) electrons. The molecular formula is C11H10F3NO2. The topological polar surface area (TPSA) is 40.5 Å². The Morgan fingerprint density at radius 3 is 2.53 bits per heavy atom. The molecule has 0 aromatic heterocycles. The zero-order valence-corrected chi connectivity index (χ0v) is 8.74. The van der Waals surface area contributed by atoms with Crippen LogP contribution in [0.5, 0.6) is 0 Å². The Balaban J connectivity index is 2.03. The maximum Gasteiger partial charge on any atom is 0.407 e. The lowest BCUT2D eigenvalue weighted by Crippen LogP contribution is -2.50. The van der Waals surface area contributed by atoms with Crippen molar-refractivity contribution in [2.45, 2.75) is 6.17 Å². The van der Waals surface area contributed by atoms with E-state index in [0.717, 1.165) is 17.0 Å². The molecule has 1 heterocycles. The van der Waals surface area contributed by atoms with E-state index in [0.29, 0.717) is 0 Å². The minimum absolute atomic E-state index is 0.0407. The summed E-state index contributed by atoms with van der Waals surface area (Å²) in [6.45, 7) is 0.158. The van der Waals surface area contributed by atoms with E-state index in [4.69, 9.17) is 5.11 Å². The molecule has 1 N–H and O–H groups in total. The van der Waals surface area contributed by atoms with Gasteiger partial charge in [0.2, 0.25) is 0 Å². The zero-order chi connectivity index (χ0) is 12.6. The van der Waals surface area contributed by atoms with Crippen LogP contribution < -0.4 is 0 Å². The van der Waals surface area contributed by atoms with E-state index in [1.54, 1.807) is 0 Å². The molecule has 1 fully saturated rings. The van der Waals surface area contributed by atoms with Crippen LogP contribution in [-0.2, 0) is 0 Å². The fraction of sp³-hybridized carbons (Fsp3) is 0.364. The van der Waals surface area contributed by atoms with Gasteiger partial charge < -0.3 is 10.0 Å². The quantitative estimate of drug-likeness (QED) is 0.869. The Hall–Kier alpha value is -1.72. The Kier molecular flexibility index (Phi) is 2.95. The smallest absolute Gasteiger partial charge is 0.407 e. The fourth-order valence-corrected chi connectivity index (χ4v) is 1.81. The summed E-state index contributed by atoms with van der Waals surface area (Å²) >= 11 is 0. The molecule has 0 bridgehead atoms. The number of hydrogen-bond acceptors (Lipinski definition) is 1. The van der Waals surface area contributed by atoms with E-state index >= 15 is 0 Å². The average Bonchev–Trinajstić information content (AvgIpc) is 2.19. The predicted octanol–water partition coefficient (Wildman–Crippen LogP) is 2.59. The van der Waals surface area contributed by atoms with Gasteiger partial charge in [0.05, 0.1) is 0 Å². The molecule has 1 amide bonds. The van der Waals surface area contributed by atoms with E-state index in [-0.39, 0.29) is 18.7 Å². The number of nitrogens with zero attached hydrogens (tertiary/aromatic N) is 1. The van der Waals surface area contributed by atoms with E-state index in [1.807, 2.05) is 0 Å². The SMILES string of the molecule is O=C(O)N1CC(C(F)c2ccc(F)c(F)c2)C1. The summed E-state index contributed by atoms with van der Waals surface area (Å²) < 4.78 is 39.3. The van der Waals surface area contributed by atoms with E-state index < -0.39 is 29.8 Å². The highest BCUT2D eigenvalue weighted by Gasteiger charge is 2.37. The molecule has 2 rings (SSSR count). The number of carboxylic acid groups (broad SMARTS) is 1. The van der Waals surface area contributed by atoms with Crippen molar-refractivity contribution >= 4 is 6.09 Å². The highest BCUT2D eigenvalue weighted by atomic mass is 19.2. The summed E-state index contributed by atoms with van der Waals surface area (Å²) in [7, 11) is 0. The Morgan fingerprint density at radius 2 is 2.00 bits per heavy atom. The summed E-state index contributed by atoms with van der Waals surface area (Å²) in [6, 6.07) is 2.85. The minimum atomic E-state index is -1.47. The van der Waals surface area contributed by atoms with Gasteiger partial charge in [0.25, 0.3) is 0 Å². The molecule has 1 aromatic carbocycles. The van der Waals surface area contributed by atoms with Crippen LogP contribution in [0.25, 0.3) is 0 Å². The Bertz CT molecular complexity index is 446. The van der Waals surface area contributed by atoms with E-state index in [9.17, 15) is 18.0 Å². The molecule has 0 spiro atoms. The normalized spacial score (nSPS) is 17.7. The first-order chi connectivity index (χ1) is 7.99. The van der Waals surface area contributed by atoms with Crippen molar-refractivity contribution in [2.24, 2.45) is 5.92 Å². The van der Waals surface area contributed by atoms with Crippen molar-refractivity contribution in [3.8, 4) is 0 Å².